The van der Waals surface area contributed by atoms with Crippen molar-refractivity contribution in [2.45, 2.75) is 6.61 Å². The van der Waals surface area contributed by atoms with Crippen LogP contribution in [0.15, 0.2) is 54.9 Å². The van der Waals surface area contributed by atoms with Crippen molar-refractivity contribution in [3.63, 3.8) is 0 Å². The summed E-state index contributed by atoms with van der Waals surface area (Å²) in [5, 5.41) is 2.82. The van der Waals surface area contributed by atoms with Crippen LogP contribution in [0.5, 0.6) is 5.75 Å². The van der Waals surface area contributed by atoms with Crippen LogP contribution in [0.1, 0.15) is 26.5 Å². The van der Waals surface area contributed by atoms with E-state index in [2.05, 4.69) is 15.2 Å². The molecule has 1 saturated heterocycles. The van der Waals surface area contributed by atoms with Gasteiger partial charge in [-0.25, -0.2) is 9.78 Å². The molecule has 9 nitrogen and oxygen atoms in total. The van der Waals surface area contributed by atoms with E-state index in [1.807, 2.05) is 23.9 Å². The molecule has 0 atom stereocenters. The second-order valence-corrected chi connectivity index (χ2v) is 7.54. The topological polar surface area (TPSA) is 94.9 Å². The van der Waals surface area contributed by atoms with Crippen LogP contribution < -0.4 is 15.0 Å². The number of anilines is 2. The highest BCUT2D eigenvalue weighted by Gasteiger charge is 2.19. The lowest BCUT2D eigenvalue weighted by molar-refractivity contribution is 0.0602. The number of esters is 1. The predicted molar refractivity (Wildman–Crippen MR) is 123 cm³/mol. The van der Waals surface area contributed by atoms with E-state index in [0.29, 0.717) is 42.4 Å². The third kappa shape index (κ3) is 5.32. The number of amides is 1. The van der Waals surface area contributed by atoms with Gasteiger partial charge in [0, 0.05) is 43.8 Å². The maximum absolute atomic E-state index is 12.8. The molecule has 0 spiro atoms. The van der Waals surface area contributed by atoms with Crippen molar-refractivity contribution in [3.8, 4) is 5.75 Å². The molecule has 0 bridgehead atoms. The summed E-state index contributed by atoms with van der Waals surface area (Å²) in [6.07, 6.45) is 3.56. The zero-order valence-electron chi connectivity index (χ0n) is 18.6. The van der Waals surface area contributed by atoms with Crippen molar-refractivity contribution in [3.05, 3.63) is 71.8 Å². The Morgan fingerprint density at radius 1 is 1.12 bits per heavy atom. The average molecular weight is 450 g/mol. The highest BCUT2D eigenvalue weighted by atomic mass is 16.5. The fourth-order valence-corrected chi connectivity index (χ4v) is 3.52. The maximum atomic E-state index is 12.8. The Morgan fingerprint density at radius 3 is 2.55 bits per heavy atom. The summed E-state index contributed by atoms with van der Waals surface area (Å²) < 4.78 is 17.9. The molecular formula is C24H26N4O5. The van der Waals surface area contributed by atoms with E-state index in [1.54, 1.807) is 42.6 Å². The molecule has 1 fully saturated rings. The Labute approximate surface area is 191 Å². The third-order valence-corrected chi connectivity index (χ3v) is 5.44. The van der Waals surface area contributed by atoms with Gasteiger partial charge < -0.3 is 29.0 Å². The van der Waals surface area contributed by atoms with Gasteiger partial charge in [-0.3, -0.25) is 4.79 Å². The number of rotatable bonds is 7. The Balaban J connectivity index is 1.45. The number of aromatic nitrogens is 2. The largest absolute Gasteiger partial charge is 0.486 e. The fraction of sp³-hybridized carbons (Fsp3) is 0.292. The van der Waals surface area contributed by atoms with E-state index in [0.717, 1.165) is 24.6 Å². The van der Waals surface area contributed by atoms with E-state index >= 15 is 0 Å². The van der Waals surface area contributed by atoms with Crippen LogP contribution in [0.3, 0.4) is 0 Å². The van der Waals surface area contributed by atoms with Gasteiger partial charge in [0.1, 0.15) is 18.2 Å². The quantitative estimate of drug-likeness (QED) is 0.553. The highest BCUT2D eigenvalue weighted by Crippen LogP contribution is 2.26. The van der Waals surface area contributed by atoms with Gasteiger partial charge in [0.15, 0.2) is 0 Å². The first kappa shape index (κ1) is 22.3. The molecule has 2 aromatic carbocycles. The van der Waals surface area contributed by atoms with Crippen LogP contribution in [0.2, 0.25) is 0 Å². The number of carbonyl (C=O) groups excluding carboxylic acids is 2. The van der Waals surface area contributed by atoms with Gasteiger partial charge in [0.2, 0.25) is 0 Å². The summed E-state index contributed by atoms with van der Waals surface area (Å²) in [4.78, 5) is 31.6. The van der Waals surface area contributed by atoms with Crippen molar-refractivity contribution >= 4 is 23.3 Å². The third-order valence-electron chi connectivity index (χ3n) is 5.44. The van der Waals surface area contributed by atoms with E-state index in [4.69, 9.17) is 14.2 Å². The number of ether oxygens (including phenoxy) is 3. The van der Waals surface area contributed by atoms with Crippen LogP contribution in [0.25, 0.3) is 0 Å². The van der Waals surface area contributed by atoms with Gasteiger partial charge >= 0.3 is 5.97 Å². The summed E-state index contributed by atoms with van der Waals surface area (Å²) in [6, 6.07) is 12.1. The number of nitrogens with one attached hydrogen (secondary N) is 1. The number of hydrogen-bond donors (Lipinski definition) is 1. The molecule has 0 radical (unpaired) electrons. The Bertz CT molecular complexity index is 1120. The zero-order valence-corrected chi connectivity index (χ0v) is 18.6. The van der Waals surface area contributed by atoms with Crippen LogP contribution in [0, 0.1) is 0 Å². The van der Waals surface area contributed by atoms with Gasteiger partial charge in [-0.15, -0.1) is 0 Å². The summed E-state index contributed by atoms with van der Waals surface area (Å²) in [6.45, 7) is 3.07. The summed E-state index contributed by atoms with van der Waals surface area (Å²) >= 11 is 0. The van der Waals surface area contributed by atoms with Crippen LogP contribution in [-0.4, -0.2) is 54.8 Å². The van der Waals surface area contributed by atoms with Crippen molar-refractivity contribution in [2.75, 3.05) is 43.6 Å². The van der Waals surface area contributed by atoms with Gasteiger partial charge in [-0.2, -0.15) is 0 Å². The van der Waals surface area contributed by atoms with E-state index in [-0.39, 0.29) is 5.91 Å². The predicted octanol–water partition coefficient (Wildman–Crippen LogP) is 2.87. The average Bonchev–Trinajstić information content (AvgIpc) is 3.27. The minimum atomic E-state index is -0.515. The molecule has 1 aliphatic rings. The number of morpholine rings is 1. The number of nitrogens with zero attached hydrogens (tertiary/aromatic N) is 3. The van der Waals surface area contributed by atoms with Crippen molar-refractivity contribution in [2.24, 2.45) is 7.05 Å². The monoisotopic (exact) mass is 450 g/mol. The van der Waals surface area contributed by atoms with E-state index in [1.165, 1.54) is 7.11 Å². The highest BCUT2D eigenvalue weighted by molar-refractivity contribution is 6.08. The van der Waals surface area contributed by atoms with Gasteiger partial charge in [-0.05, 0) is 42.5 Å². The first-order valence-electron chi connectivity index (χ1n) is 10.6. The lowest BCUT2D eigenvalue weighted by Crippen LogP contribution is -2.36. The van der Waals surface area contributed by atoms with E-state index in [9.17, 15) is 9.59 Å². The number of hydrogen-bond acceptors (Lipinski definition) is 7. The molecule has 4 rings (SSSR count). The zero-order chi connectivity index (χ0) is 23.2. The SMILES string of the molecule is COC(=O)c1cc(N2CCOCC2)ccc1NC(=O)c1ccc(OCc2nccn2C)cc1. The van der Waals surface area contributed by atoms with Crippen LogP contribution in [0.4, 0.5) is 11.4 Å². The molecule has 0 aliphatic carbocycles. The molecule has 1 amide bonds. The minimum absolute atomic E-state index is 0.296. The first-order chi connectivity index (χ1) is 16.0. The smallest absolute Gasteiger partial charge is 0.340 e. The summed E-state index contributed by atoms with van der Waals surface area (Å²) in [5.74, 6) is 0.570. The second kappa shape index (κ2) is 10.2. The van der Waals surface area contributed by atoms with Crippen LogP contribution in [-0.2, 0) is 23.1 Å². The normalized spacial score (nSPS) is 13.5. The molecule has 3 aromatic rings. The van der Waals surface area contributed by atoms with E-state index < -0.39 is 5.97 Å². The molecule has 33 heavy (non-hydrogen) atoms. The van der Waals surface area contributed by atoms with Gasteiger partial charge in [0.05, 0.1) is 31.6 Å². The van der Waals surface area contributed by atoms with Crippen LogP contribution >= 0.6 is 0 Å². The van der Waals surface area contributed by atoms with Crippen molar-refractivity contribution in [1.29, 1.82) is 0 Å². The lowest BCUT2D eigenvalue weighted by atomic mass is 10.1. The van der Waals surface area contributed by atoms with Gasteiger partial charge in [-0.1, -0.05) is 0 Å². The molecule has 9 heteroatoms. The number of carbonyl (C=O) groups is 2. The number of benzene rings is 2. The minimum Gasteiger partial charge on any atom is -0.486 e. The number of aryl methyl sites for hydroxylation is 1. The molecule has 2 heterocycles. The lowest BCUT2D eigenvalue weighted by Gasteiger charge is -2.29. The van der Waals surface area contributed by atoms with Crippen molar-refractivity contribution < 1.29 is 23.8 Å². The molecule has 0 unspecified atom stereocenters. The fourth-order valence-electron chi connectivity index (χ4n) is 3.52. The Kier molecular flexibility index (Phi) is 6.89. The number of imidazole rings is 1. The summed E-state index contributed by atoms with van der Waals surface area (Å²) in [7, 11) is 3.22. The Morgan fingerprint density at radius 2 is 1.88 bits per heavy atom. The van der Waals surface area contributed by atoms with Crippen molar-refractivity contribution in [1.82, 2.24) is 9.55 Å². The standard InChI is InChI=1S/C24H26N4O5/c1-27-10-9-25-22(27)16-33-19-6-3-17(4-7-19)23(29)26-21-8-5-18(15-20(21)24(30)31-2)28-11-13-32-14-12-28/h3-10,15H,11-14,16H2,1-2H3,(H,26,29). The molecule has 1 aromatic heterocycles. The Hall–Kier alpha value is -3.85. The van der Waals surface area contributed by atoms with Gasteiger partial charge in [0.25, 0.3) is 5.91 Å². The second-order valence-electron chi connectivity index (χ2n) is 7.54. The molecule has 1 N–H and O–H groups in total. The molecular weight excluding hydrogens is 424 g/mol. The molecule has 172 valence electrons. The number of methoxy groups -OCH3 is 1. The maximum Gasteiger partial charge on any atom is 0.340 e. The first-order valence-corrected chi connectivity index (χ1v) is 10.6. The summed E-state index contributed by atoms with van der Waals surface area (Å²) in [5.41, 5.74) is 2.00. The molecule has 0 saturated carbocycles. The molecule has 1 aliphatic heterocycles.